The van der Waals surface area contributed by atoms with Crippen molar-refractivity contribution in [3.63, 3.8) is 0 Å². The number of fused-ring (bicyclic) bond motifs is 1. The van der Waals surface area contributed by atoms with Crippen molar-refractivity contribution in [1.82, 2.24) is 10.6 Å². The van der Waals surface area contributed by atoms with E-state index in [1.165, 1.54) is 6.07 Å². The van der Waals surface area contributed by atoms with E-state index in [9.17, 15) is 9.18 Å². The Morgan fingerprint density at radius 3 is 2.95 bits per heavy atom. The second-order valence-corrected chi connectivity index (χ2v) is 6.02. The zero-order valence-electron chi connectivity index (χ0n) is 10.5. The van der Waals surface area contributed by atoms with Gasteiger partial charge in [-0.1, -0.05) is 15.9 Å². The maximum Gasteiger partial charge on any atom is 0.237 e. The number of amides is 1. The number of carbonyl (C=O) groups excluding carboxylic acids is 1. The van der Waals surface area contributed by atoms with Gasteiger partial charge in [-0.3, -0.25) is 10.1 Å². The van der Waals surface area contributed by atoms with Gasteiger partial charge >= 0.3 is 0 Å². The molecular formula is C14H16BrFN2O. The van der Waals surface area contributed by atoms with Crippen molar-refractivity contribution in [2.24, 2.45) is 0 Å². The van der Waals surface area contributed by atoms with Gasteiger partial charge in [0.05, 0.1) is 6.04 Å². The summed E-state index contributed by atoms with van der Waals surface area (Å²) in [7, 11) is 0. The van der Waals surface area contributed by atoms with Crippen LogP contribution in [0.2, 0.25) is 0 Å². The van der Waals surface area contributed by atoms with Gasteiger partial charge in [0, 0.05) is 17.1 Å². The molecule has 1 aromatic carbocycles. The SMILES string of the molecule is O=C1NCCC[C@H]1N[C@H]1CCc2c(F)ccc(Br)c21. The number of piperidine rings is 1. The molecule has 2 aliphatic rings. The molecule has 1 fully saturated rings. The molecular weight excluding hydrogens is 311 g/mol. The molecule has 102 valence electrons. The van der Waals surface area contributed by atoms with Gasteiger partial charge in [-0.15, -0.1) is 0 Å². The van der Waals surface area contributed by atoms with E-state index >= 15 is 0 Å². The molecule has 1 amide bonds. The summed E-state index contributed by atoms with van der Waals surface area (Å²) in [6.45, 7) is 0.761. The minimum atomic E-state index is -0.153. The lowest BCUT2D eigenvalue weighted by molar-refractivity contribution is -0.124. The van der Waals surface area contributed by atoms with Gasteiger partial charge in [0.25, 0.3) is 0 Å². The first kappa shape index (κ1) is 13.1. The van der Waals surface area contributed by atoms with Crippen molar-refractivity contribution in [2.45, 2.75) is 37.8 Å². The molecule has 0 bridgehead atoms. The van der Waals surface area contributed by atoms with Crippen LogP contribution in [0.4, 0.5) is 4.39 Å². The molecule has 1 aromatic rings. The van der Waals surface area contributed by atoms with E-state index in [2.05, 4.69) is 26.6 Å². The largest absolute Gasteiger partial charge is 0.355 e. The molecule has 2 atom stereocenters. The standard InChI is InChI=1S/C14H16BrFN2O/c15-9-4-5-10(16)8-3-6-11(13(8)9)18-12-2-1-7-17-14(12)19/h4-5,11-12,18H,1-3,6-7H2,(H,17,19)/t11-,12+/m0/s1. The summed E-state index contributed by atoms with van der Waals surface area (Å²) in [4.78, 5) is 11.8. The highest BCUT2D eigenvalue weighted by Gasteiger charge is 2.31. The van der Waals surface area contributed by atoms with Gasteiger partial charge < -0.3 is 5.32 Å². The average molecular weight is 327 g/mol. The summed E-state index contributed by atoms with van der Waals surface area (Å²) >= 11 is 3.49. The lowest BCUT2D eigenvalue weighted by atomic mass is 10.0. The summed E-state index contributed by atoms with van der Waals surface area (Å²) in [6.07, 6.45) is 3.42. The Labute approximate surface area is 120 Å². The fourth-order valence-corrected chi connectivity index (χ4v) is 3.66. The van der Waals surface area contributed by atoms with Gasteiger partial charge in [0.15, 0.2) is 0 Å². The van der Waals surface area contributed by atoms with Crippen molar-refractivity contribution in [3.8, 4) is 0 Å². The van der Waals surface area contributed by atoms with E-state index in [1.54, 1.807) is 6.07 Å². The van der Waals surface area contributed by atoms with Gasteiger partial charge in [-0.2, -0.15) is 0 Å². The van der Waals surface area contributed by atoms with Crippen molar-refractivity contribution < 1.29 is 9.18 Å². The molecule has 0 spiro atoms. The van der Waals surface area contributed by atoms with Crippen LogP contribution in [0.1, 0.15) is 36.4 Å². The normalized spacial score (nSPS) is 26.1. The van der Waals surface area contributed by atoms with Crippen LogP contribution in [0.3, 0.4) is 0 Å². The zero-order valence-corrected chi connectivity index (χ0v) is 12.1. The monoisotopic (exact) mass is 326 g/mol. The fourth-order valence-electron chi connectivity index (χ4n) is 3.01. The highest BCUT2D eigenvalue weighted by Crippen LogP contribution is 2.38. The van der Waals surface area contributed by atoms with E-state index in [0.717, 1.165) is 47.8 Å². The second-order valence-electron chi connectivity index (χ2n) is 5.17. The second kappa shape index (κ2) is 5.21. The molecule has 0 aromatic heterocycles. The summed E-state index contributed by atoms with van der Waals surface area (Å²) in [6, 6.07) is 3.15. The average Bonchev–Trinajstić information content (AvgIpc) is 2.82. The minimum absolute atomic E-state index is 0.0622. The quantitative estimate of drug-likeness (QED) is 0.876. The lowest BCUT2D eigenvalue weighted by Gasteiger charge is -2.26. The van der Waals surface area contributed by atoms with E-state index in [0.29, 0.717) is 0 Å². The van der Waals surface area contributed by atoms with Crippen LogP contribution in [-0.4, -0.2) is 18.5 Å². The van der Waals surface area contributed by atoms with Crippen molar-refractivity contribution in [1.29, 1.82) is 0 Å². The molecule has 1 aliphatic carbocycles. The molecule has 3 nitrogen and oxygen atoms in total. The molecule has 5 heteroatoms. The number of benzene rings is 1. The Morgan fingerprint density at radius 2 is 2.16 bits per heavy atom. The predicted molar refractivity (Wildman–Crippen MR) is 74.3 cm³/mol. The molecule has 0 radical (unpaired) electrons. The Morgan fingerprint density at radius 1 is 1.32 bits per heavy atom. The third-order valence-electron chi connectivity index (χ3n) is 3.97. The van der Waals surface area contributed by atoms with Crippen molar-refractivity contribution in [3.05, 3.63) is 33.5 Å². The molecule has 1 saturated heterocycles. The van der Waals surface area contributed by atoms with Crippen molar-refractivity contribution >= 4 is 21.8 Å². The maximum atomic E-state index is 13.8. The van der Waals surface area contributed by atoms with Crippen LogP contribution < -0.4 is 10.6 Å². The Kier molecular flexibility index (Phi) is 3.58. The minimum Gasteiger partial charge on any atom is -0.355 e. The number of nitrogens with one attached hydrogen (secondary N) is 2. The van der Waals surface area contributed by atoms with Gasteiger partial charge in [0.1, 0.15) is 5.82 Å². The number of carbonyl (C=O) groups is 1. The number of hydrogen-bond acceptors (Lipinski definition) is 2. The smallest absolute Gasteiger partial charge is 0.237 e. The molecule has 1 aliphatic heterocycles. The highest BCUT2D eigenvalue weighted by atomic mass is 79.9. The molecule has 0 unspecified atom stereocenters. The molecule has 3 rings (SSSR count). The summed E-state index contributed by atoms with van der Waals surface area (Å²) in [5, 5.41) is 6.25. The highest BCUT2D eigenvalue weighted by molar-refractivity contribution is 9.10. The first-order valence-electron chi connectivity index (χ1n) is 6.67. The summed E-state index contributed by atoms with van der Waals surface area (Å²) in [5.41, 5.74) is 1.77. The third-order valence-corrected chi connectivity index (χ3v) is 4.66. The van der Waals surface area contributed by atoms with Crippen LogP contribution in [0.5, 0.6) is 0 Å². The van der Waals surface area contributed by atoms with E-state index < -0.39 is 0 Å². The van der Waals surface area contributed by atoms with Gasteiger partial charge in [-0.25, -0.2) is 4.39 Å². The fraction of sp³-hybridized carbons (Fsp3) is 0.500. The van der Waals surface area contributed by atoms with Gasteiger partial charge in [0.2, 0.25) is 5.91 Å². The van der Waals surface area contributed by atoms with Crippen LogP contribution >= 0.6 is 15.9 Å². The number of rotatable bonds is 2. The van der Waals surface area contributed by atoms with Gasteiger partial charge in [-0.05, 0) is 48.9 Å². The van der Waals surface area contributed by atoms with Crippen LogP contribution in [0, 0.1) is 5.82 Å². The Bertz CT molecular complexity index is 520. The lowest BCUT2D eigenvalue weighted by Crippen LogP contribution is -2.49. The summed E-state index contributed by atoms with van der Waals surface area (Å²) < 4.78 is 14.7. The Hall–Kier alpha value is -0.940. The van der Waals surface area contributed by atoms with Crippen LogP contribution in [0.25, 0.3) is 0 Å². The first-order valence-corrected chi connectivity index (χ1v) is 7.46. The molecule has 1 heterocycles. The van der Waals surface area contributed by atoms with E-state index in [-0.39, 0.29) is 23.8 Å². The predicted octanol–water partition coefficient (Wildman–Crippen LogP) is 2.44. The molecule has 0 saturated carbocycles. The molecule has 2 N–H and O–H groups in total. The maximum absolute atomic E-state index is 13.8. The molecule has 19 heavy (non-hydrogen) atoms. The Balaban J connectivity index is 1.82. The van der Waals surface area contributed by atoms with Crippen LogP contribution in [-0.2, 0) is 11.2 Å². The number of hydrogen-bond donors (Lipinski definition) is 2. The van der Waals surface area contributed by atoms with Crippen LogP contribution in [0.15, 0.2) is 16.6 Å². The number of halogens is 2. The third kappa shape index (κ3) is 2.41. The van der Waals surface area contributed by atoms with E-state index in [1.807, 2.05) is 0 Å². The first-order chi connectivity index (χ1) is 9.16. The topological polar surface area (TPSA) is 41.1 Å². The van der Waals surface area contributed by atoms with Crippen molar-refractivity contribution in [2.75, 3.05) is 6.54 Å². The summed E-state index contributed by atoms with van der Waals surface area (Å²) in [5.74, 6) is -0.0807. The zero-order chi connectivity index (χ0) is 13.4. The van der Waals surface area contributed by atoms with E-state index in [4.69, 9.17) is 0 Å².